The fraction of sp³-hybridized carbons (Fsp3) is 0.333. The molecule has 0 unspecified atom stereocenters. The van der Waals surface area contributed by atoms with Crippen LogP contribution in [-0.2, 0) is 9.59 Å². The minimum absolute atomic E-state index is 0.103. The second-order valence-corrected chi connectivity index (χ2v) is 5.14. The standard InChI is InChI=1S/C15H15NO3/c1-9-6-7-10(8-13(9)17)16-14(18)11-4-2-3-5-12(11)15(16)19/h2-3,6-8,11-12,17H,4-5H2,1H3/t11-,12+. The van der Waals surface area contributed by atoms with Gasteiger partial charge in [0.05, 0.1) is 17.5 Å². The molecule has 0 saturated carbocycles. The molecule has 1 N–H and O–H groups in total. The molecule has 0 aromatic heterocycles. The predicted octanol–water partition coefficient (Wildman–Crippen LogP) is 2.16. The van der Waals surface area contributed by atoms with E-state index in [0.29, 0.717) is 18.5 Å². The quantitative estimate of drug-likeness (QED) is 0.619. The number of anilines is 1. The van der Waals surface area contributed by atoms with E-state index in [1.807, 2.05) is 12.2 Å². The summed E-state index contributed by atoms with van der Waals surface area (Å²) < 4.78 is 0. The highest BCUT2D eigenvalue weighted by Gasteiger charge is 2.47. The molecule has 1 aromatic rings. The zero-order valence-corrected chi connectivity index (χ0v) is 10.7. The lowest BCUT2D eigenvalue weighted by Gasteiger charge is -2.15. The maximum Gasteiger partial charge on any atom is 0.238 e. The van der Waals surface area contributed by atoms with Gasteiger partial charge in [-0.05, 0) is 31.4 Å². The highest BCUT2D eigenvalue weighted by Crippen LogP contribution is 2.38. The van der Waals surface area contributed by atoms with Gasteiger partial charge < -0.3 is 5.11 Å². The van der Waals surface area contributed by atoms with Crippen LogP contribution in [0.2, 0.25) is 0 Å². The van der Waals surface area contributed by atoms with E-state index >= 15 is 0 Å². The van der Waals surface area contributed by atoms with Gasteiger partial charge >= 0.3 is 0 Å². The van der Waals surface area contributed by atoms with E-state index < -0.39 is 0 Å². The molecule has 2 atom stereocenters. The molecule has 0 radical (unpaired) electrons. The first-order valence-electron chi connectivity index (χ1n) is 6.42. The maximum absolute atomic E-state index is 12.3. The first-order chi connectivity index (χ1) is 9.09. The van der Waals surface area contributed by atoms with Gasteiger partial charge in [0.2, 0.25) is 11.8 Å². The number of rotatable bonds is 1. The van der Waals surface area contributed by atoms with Crippen molar-refractivity contribution in [1.29, 1.82) is 0 Å². The fourth-order valence-corrected chi connectivity index (χ4v) is 2.79. The van der Waals surface area contributed by atoms with Crippen molar-refractivity contribution in [3.05, 3.63) is 35.9 Å². The summed E-state index contributed by atoms with van der Waals surface area (Å²) in [5.74, 6) is -0.668. The monoisotopic (exact) mass is 257 g/mol. The van der Waals surface area contributed by atoms with Crippen molar-refractivity contribution in [3.63, 3.8) is 0 Å². The summed E-state index contributed by atoms with van der Waals surface area (Å²) in [6.07, 6.45) is 5.18. The van der Waals surface area contributed by atoms with Gasteiger partial charge in [0, 0.05) is 6.07 Å². The predicted molar refractivity (Wildman–Crippen MR) is 70.7 cm³/mol. The highest BCUT2D eigenvalue weighted by molar-refractivity contribution is 6.22. The Morgan fingerprint density at radius 2 is 1.68 bits per heavy atom. The number of phenols is 1. The Balaban J connectivity index is 1.99. The molecule has 3 rings (SSSR count). The van der Waals surface area contributed by atoms with Crippen molar-refractivity contribution in [2.75, 3.05) is 4.90 Å². The third-order valence-corrected chi connectivity index (χ3v) is 3.96. The molecule has 1 aliphatic heterocycles. The summed E-state index contributed by atoms with van der Waals surface area (Å²) in [5.41, 5.74) is 1.19. The van der Waals surface area contributed by atoms with Crippen LogP contribution in [0.5, 0.6) is 5.75 Å². The number of phenolic OH excluding ortho intramolecular Hbond substituents is 1. The Hall–Kier alpha value is -2.10. The lowest BCUT2D eigenvalue weighted by Crippen LogP contribution is -2.30. The lowest BCUT2D eigenvalue weighted by atomic mass is 9.85. The van der Waals surface area contributed by atoms with Crippen LogP contribution in [0.15, 0.2) is 30.4 Å². The number of fused-ring (bicyclic) bond motifs is 1. The Morgan fingerprint density at radius 3 is 2.21 bits per heavy atom. The molecule has 2 aliphatic rings. The summed E-state index contributed by atoms with van der Waals surface area (Å²) in [6.45, 7) is 1.77. The van der Waals surface area contributed by atoms with Crippen LogP contribution in [0, 0.1) is 18.8 Å². The molecular weight excluding hydrogens is 242 g/mol. The number of benzene rings is 1. The molecule has 4 heteroatoms. The number of aryl methyl sites for hydroxylation is 1. The van der Waals surface area contributed by atoms with Gasteiger partial charge in [0.1, 0.15) is 5.75 Å². The number of carbonyl (C=O) groups excluding carboxylic acids is 2. The van der Waals surface area contributed by atoms with E-state index in [9.17, 15) is 14.7 Å². The number of hydrogen-bond acceptors (Lipinski definition) is 3. The van der Waals surface area contributed by atoms with E-state index in [0.717, 1.165) is 5.56 Å². The maximum atomic E-state index is 12.3. The van der Waals surface area contributed by atoms with Crippen molar-refractivity contribution < 1.29 is 14.7 Å². The second-order valence-electron chi connectivity index (χ2n) is 5.14. The molecule has 0 spiro atoms. The van der Waals surface area contributed by atoms with Gasteiger partial charge in [-0.15, -0.1) is 0 Å². The van der Waals surface area contributed by atoms with Crippen LogP contribution in [0.25, 0.3) is 0 Å². The molecule has 0 bridgehead atoms. The summed E-state index contributed by atoms with van der Waals surface area (Å²) in [7, 11) is 0. The number of imide groups is 1. The van der Waals surface area contributed by atoms with E-state index in [-0.39, 0.29) is 29.4 Å². The van der Waals surface area contributed by atoms with E-state index in [2.05, 4.69) is 0 Å². The van der Waals surface area contributed by atoms with Gasteiger partial charge in [-0.1, -0.05) is 18.2 Å². The Bertz CT molecular complexity index is 565. The van der Waals surface area contributed by atoms with Gasteiger partial charge in [-0.2, -0.15) is 0 Å². The average molecular weight is 257 g/mol. The van der Waals surface area contributed by atoms with E-state index in [1.165, 1.54) is 11.0 Å². The Labute approximate surface area is 111 Å². The normalized spacial score (nSPS) is 25.8. The summed E-state index contributed by atoms with van der Waals surface area (Å²) in [6, 6.07) is 4.90. The Morgan fingerprint density at radius 1 is 1.11 bits per heavy atom. The molecule has 19 heavy (non-hydrogen) atoms. The van der Waals surface area contributed by atoms with Crippen molar-refractivity contribution in [2.24, 2.45) is 11.8 Å². The molecule has 1 aliphatic carbocycles. The topological polar surface area (TPSA) is 57.6 Å². The Kier molecular flexibility index (Phi) is 2.66. The molecule has 1 saturated heterocycles. The van der Waals surface area contributed by atoms with Crippen LogP contribution < -0.4 is 4.90 Å². The number of aromatic hydroxyl groups is 1. The lowest BCUT2D eigenvalue weighted by molar-refractivity contribution is -0.122. The highest BCUT2D eigenvalue weighted by atomic mass is 16.3. The number of nitrogens with zero attached hydrogens (tertiary/aromatic N) is 1. The van der Waals surface area contributed by atoms with Gasteiger partial charge in [0.15, 0.2) is 0 Å². The van der Waals surface area contributed by atoms with Crippen LogP contribution in [0.1, 0.15) is 18.4 Å². The van der Waals surface area contributed by atoms with Crippen molar-refractivity contribution >= 4 is 17.5 Å². The van der Waals surface area contributed by atoms with Gasteiger partial charge in [-0.3, -0.25) is 9.59 Å². The first kappa shape index (κ1) is 12.0. The number of hydrogen-bond donors (Lipinski definition) is 1. The minimum Gasteiger partial charge on any atom is -0.508 e. The molecule has 1 fully saturated rings. The van der Waals surface area contributed by atoms with E-state index in [4.69, 9.17) is 0 Å². The molecule has 98 valence electrons. The second kappa shape index (κ2) is 4.23. The SMILES string of the molecule is Cc1ccc(N2C(=O)[C@H]3CC=CC[C@H]3C2=O)cc1O. The summed E-state index contributed by atoms with van der Waals surface area (Å²) >= 11 is 0. The minimum atomic E-state index is -0.235. The van der Waals surface area contributed by atoms with Crippen LogP contribution in [0.4, 0.5) is 5.69 Å². The first-order valence-corrected chi connectivity index (χ1v) is 6.42. The summed E-state index contributed by atoms with van der Waals surface area (Å²) in [5, 5.41) is 9.73. The molecule has 4 nitrogen and oxygen atoms in total. The zero-order valence-electron chi connectivity index (χ0n) is 10.7. The van der Waals surface area contributed by atoms with Crippen LogP contribution in [-0.4, -0.2) is 16.9 Å². The van der Waals surface area contributed by atoms with Gasteiger partial charge in [0.25, 0.3) is 0 Å². The molecule has 2 amide bonds. The van der Waals surface area contributed by atoms with Gasteiger partial charge in [-0.25, -0.2) is 4.90 Å². The number of carbonyl (C=O) groups is 2. The number of allylic oxidation sites excluding steroid dienone is 2. The third kappa shape index (κ3) is 1.75. The number of amides is 2. The molecular formula is C15H15NO3. The largest absolute Gasteiger partial charge is 0.508 e. The fourth-order valence-electron chi connectivity index (χ4n) is 2.79. The van der Waals surface area contributed by atoms with Crippen LogP contribution >= 0.6 is 0 Å². The van der Waals surface area contributed by atoms with Crippen LogP contribution in [0.3, 0.4) is 0 Å². The van der Waals surface area contributed by atoms with Crippen molar-refractivity contribution in [3.8, 4) is 5.75 Å². The smallest absolute Gasteiger partial charge is 0.238 e. The van der Waals surface area contributed by atoms with Crippen molar-refractivity contribution in [2.45, 2.75) is 19.8 Å². The average Bonchev–Trinajstić information content (AvgIpc) is 2.66. The van der Waals surface area contributed by atoms with E-state index in [1.54, 1.807) is 19.1 Å². The zero-order chi connectivity index (χ0) is 13.6. The molecule has 1 aromatic carbocycles. The van der Waals surface area contributed by atoms with Crippen molar-refractivity contribution in [1.82, 2.24) is 0 Å². The third-order valence-electron chi connectivity index (χ3n) is 3.96. The molecule has 1 heterocycles. The summed E-state index contributed by atoms with van der Waals surface area (Å²) in [4.78, 5) is 25.9.